The van der Waals surface area contributed by atoms with Crippen LogP contribution in [0.4, 0.5) is 0 Å². The summed E-state index contributed by atoms with van der Waals surface area (Å²) in [5.74, 6) is 0.925. The Balaban J connectivity index is 1.60. The van der Waals surface area contributed by atoms with Crippen molar-refractivity contribution in [3.63, 3.8) is 0 Å². The Morgan fingerprint density at radius 1 is 1.05 bits per heavy atom. The summed E-state index contributed by atoms with van der Waals surface area (Å²) >= 11 is 0. The van der Waals surface area contributed by atoms with Crippen molar-refractivity contribution in [1.82, 2.24) is 15.1 Å². The first kappa shape index (κ1) is 15.3. The van der Waals surface area contributed by atoms with Crippen LogP contribution in [0.1, 0.15) is 45.4 Å². The van der Waals surface area contributed by atoms with Crippen LogP contribution in [-0.4, -0.2) is 62.2 Å². The molecule has 0 spiro atoms. The highest BCUT2D eigenvalue weighted by molar-refractivity contribution is 4.78. The lowest BCUT2D eigenvalue weighted by atomic mass is 9.95. The van der Waals surface area contributed by atoms with E-state index in [4.69, 9.17) is 0 Å². The van der Waals surface area contributed by atoms with Crippen molar-refractivity contribution in [2.24, 2.45) is 5.92 Å². The zero-order chi connectivity index (χ0) is 13.5. The molecule has 0 amide bonds. The molecule has 0 aromatic carbocycles. The zero-order valence-corrected chi connectivity index (χ0v) is 13.0. The lowest BCUT2D eigenvalue weighted by Gasteiger charge is -2.36. The van der Waals surface area contributed by atoms with Crippen molar-refractivity contribution in [2.75, 3.05) is 46.3 Å². The molecule has 2 rings (SSSR count). The third-order valence-corrected chi connectivity index (χ3v) is 5.09. The van der Waals surface area contributed by atoms with Gasteiger partial charge in [-0.05, 0) is 84.3 Å². The summed E-state index contributed by atoms with van der Waals surface area (Å²) in [6.07, 6.45) is 8.45. The molecule has 0 aromatic heterocycles. The van der Waals surface area contributed by atoms with Gasteiger partial charge in [-0.25, -0.2) is 0 Å². The van der Waals surface area contributed by atoms with E-state index in [1.165, 1.54) is 71.2 Å². The van der Waals surface area contributed by atoms with Gasteiger partial charge in [-0.15, -0.1) is 0 Å². The van der Waals surface area contributed by atoms with Crippen LogP contribution >= 0.6 is 0 Å². The molecule has 0 aliphatic carbocycles. The first-order valence-corrected chi connectivity index (χ1v) is 8.43. The van der Waals surface area contributed by atoms with Crippen molar-refractivity contribution >= 4 is 0 Å². The lowest BCUT2D eigenvalue weighted by molar-refractivity contribution is 0.133. The molecule has 2 saturated heterocycles. The minimum absolute atomic E-state index is 0.855. The maximum Gasteiger partial charge on any atom is 0.0104 e. The quantitative estimate of drug-likeness (QED) is 0.796. The number of hydrogen-bond acceptors (Lipinski definition) is 3. The molecular formula is C16H33N3. The van der Waals surface area contributed by atoms with Crippen LogP contribution in [0.2, 0.25) is 0 Å². The van der Waals surface area contributed by atoms with Gasteiger partial charge in [0, 0.05) is 6.04 Å². The number of nitrogens with one attached hydrogen (secondary N) is 1. The summed E-state index contributed by atoms with van der Waals surface area (Å²) in [4.78, 5) is 5.28. The predicted molar refractivity (Wildman–Crippen MR) is 82.6 cm³/mol. The second kappa shape index (κ2) is 8.23. The second-order valence-electron chi connectivity index (χ2n) is 6.51. The van der Waals surface area contributed by atoms with Crippen LogP contribution in [0.25, 0.3) is 0 Å². The van der Waals surface area contributed by atoms with Gasteiger partial charge in [0.25, 0.3) is 0 Å². The average molecular weight is 267 g/mol. The number of rotatable bonds is 6. The number of likely N-dealkylation sites (tertiary alicyclic amines) is 2. The highest BCUT2D eigenvalue weighted by Crippen LogP contribution is 2.20. The van der Waals surface area contributed by atoms with Gasteiger partial charge in [-0.1, -0.05) is 13.3 Å². The monoisotopic (exact) mass is 267 g/mol. The van der Waals surface area contributed by atoms with E-state index in [-0.39, 0.29) is 0 Å². The molecule has 112 valence electrons. The maximum absolute atomic E-state index is 3.50. The summed E-state index contributed by atoms with van der Waals surface area (Å²) in [7, 11) is 2.31. The van der Waals surface area contributed by atoms with E-state index < -0.39 is 0 Å². The Morgan fingerprint density at radius 2 is 1.84 bits per heavy atom. The molecule has 0 aromatic rings. The fraction of sp³-hybridized carbons (Fsp3) is 1.00. The van der Waals surface area contributed by atoms with Gasteiger partial charge in [0.05, 0.1) is 0 Å². The Hall–Kier alpha value is -0.120. The number of nitrogens with zero attached hydrogens (tertiary/aromatic N) is 2. The molecule has 0 saturated carbocycles. The van der Waals surface area contributed by atoms with Gasteiger partial charge < -0.3 is 15.1 Å². The fourth-order valence-corrected chi connectivity index (χ4v) is 3.60. The summed E-state index contributed by atoms with van der Waals surface area (Å²) in [6.45, 7) is 9.84. The van der Waals surface area contributed by atoms with Gasteiger partial charge in [0.2, 0.25) is 0 Å². The van der Waals surface area contributed by atoms with Gasteiger partial charge >= 0.3 is 0 Å². The molecule has 2 heterocycles. The highest BCUT2D eigenvalue weighted by Gasteiger charge is 2.22. The molecule has 2 aliphatic rings. The molecular weight excluding hydrogens is 234 g/mol. The standard InChI is InChI=1S/C16H33N3/c1-3-17-14-15-7-11-19(12-8-15)13-9-16-6-4-5-10-18(16)2/h15-17H,3-14H2,1-2H3. The van der Waals surface area contributed by atoms with Crippen LogP contribution in [0, 0.1) is 5.92 Å². The van der Waals surface area contributed by atoms with Crippen molar-refractivity contribution in [1.29, 1.82) is 0 Å². The largest absolute Gasteiger partial charge is 0.317 e. The minimum Gasteiger partial charge on any atom is -0.317 e. The Morgan fingerprint density at radius 3 is 2.53 bits per heavy atom. The van der Waals surface area contributed by atoms with Gasteiger partial charge in [-0.2, -0.15) is 0 Å². The zero-order valence-electron chi connectivity index (χ0n) is 13.0. The fourth-order valence-electron chi connectivity index (χ4n) is 3.60. The van der Waals surface area contributed by atoms with Crippen LogP contribution in [0.5, 0.6) is 0 Å². The van der Waals surface area contributed by atoms with Crippen LogP contribution in [0.3, 0.4) is 0 Å². The van der Waals surface area contributed by atoms with Crippen molar-refractivity contribution < 1.29 is 0 Å². The van der Waals surface area contributed by atoms with Crippen LogP contribution in [0.15, 0.2) is 0 Å². The Kier molecular flexibility index (Phi) is 6.62. The molecule has 2 aliphatic heterocycles. The smallest absolute Gasteiger partial charge is 0.0104 e. The summed E-state index contributed by atoms with van der Waals surface area (Å²) in [5.41, 5.74) is 0. The van der Waals surface area contributed by atoms with Gasteiger partial charge in [0.1, 0.15) is 0 Å². The molecule has 2 fully saturated rings. The Labute approximate surface area is 119 Å². The molecule has 0 radical (unpaired) electrons. The van der Waals surface area contributed by atoms with Gasteiger partial charge in [-0.3, -0.25) is 0 Å². The van der Waals surface area contributed by atoms with E-state index in [1.807, 2.05) is 0 Å². The molecule has 1 N–H and O–H groups in total. The predicted octanol–water partition coefficient (Wildman–Crippen LogP) is 2.18. The Bertz CT molecular complexity index is 236. The first-order chi connectivity index (χ1) is 9.29. The molecule has 3 heteroatoms. The third kappa shape index (κ3) is 5.05. The normalized spacial score (nSPS) is 27.8. The summed E-state index contributed by atoms with van der Waals surface area (Å²) in [6, 6.07) is 0.855. The summed E-state index contributed by atoms with van der Waals surface area (Å²) in [5, 5.41) is 3.50. The van der Waals surface area contributed by atoms with Crippen LogP contribution < -0.4 is 5.32 Å². The molecule has 19 heavy (non-hydrogen) atoms. The SMILES string of the molecule is CCNCC1CCN(CCC2CCCCN2C)CC1. The van der Waals surface area contributed by atoms with E-state index >= 15 is 0 Å². The maximum atomic E-state index is 3.50. The molecule has 3 nitrogen and oxygen atoms in total. The highest BCUT2D eigenvalue weighted by atomic mass is 15.2. The van der Waals surface area contributed by atoms with E-state index in [1.54, 1.807) is 0 Å². The molecule has 1 unspecified atom stereocenters. The third-order valence-electron chi connectivity index (χ3n) is 5.09. The first-order valence-electron chi connectivity index (χ1n) is 8.43. The number of piperidine rings is 2. The van der Waals surface area contributed by atoms with Crippen molar-refractivity contribution in [3.05, 3.63) is 0 Å². The van der Waals surface area contributed by atoms with E-state index in [9.17, 15) is 0 Å². The number of hydrogen-bond donors (Lipinski definition) is 1. The minimum atomic E-state index is 0.855. The summed E-state index contributed by atoms with van der Waals surface area (Å²) < 4.78 is 0. The molecule has 0 bridgehead atoms. The van der Waals surface area contributed by atoms with Gasteiger partial charge in [0.15, 0.2) is 0 Å². The van der Waals surface area contributed by atoms with E-state index in [0.29, 0.717) is 0 Å². The van der Waals surface area contributed by atoms with E-state index in [2.05, 4.69) is 29.1 Å². The van der Waals surface area contributed by atoms with Crippen LogP contribution in [-0.2, 0) is 0 Å². The molecule has 1 atom stereocenters. The van der Waals surface area contributed by atoms with Crippen molar-refractivity contribution in [2.45, 2.75) is 51.5 Å². The second-order valence-corrected chi connectivity index (χ2v) is 6.51. The van der Waals surface area contributed by atoms with Crippen molar-refractivity contribution in [3.8, 4) is 0 Å². The average Bonchev–Trinajstić information content (AvgIpc) is 2.45. The van der Waals surface area contributed by atoms with E-state index in [0.717, 1.165) is 18.5 Å². The lowest BCUT2D eigenvalue weighted by Crippen LogP contribution is -2.42. The topological polar surface area (TPSA) is 18.5 Å².